The van der Waals surface area contributed by atoms with Crippen molar-refractivity contribution in [3.8, 4) is 0 Å². The van der Waals surface area contributed by atoms with E-state index in [1.807, 2.05) is 12.4 Å². The summed E-state index contributed by atoms with van der Waals surface area (Å²) in [4.78, 5) is 6.78. The number of halogens is 2. The molecule has 3 rings (SSSR count). The number of aromatic nitrogens is 1. The first-order chi connectivity index (χ1) is 8.72. The molecule has 2 heterocycles. The molecule has 1 saturated heterocycles. The molecule has 3 atom stereocenters. The van der Waals surface area contributed by atoms with Gasteiger partial charge in [-0.2, -0.15) is 0 Å². The normalized spacial score (nSPS) is 30.7. The average molecular weight is 347 g/mol. The Bertz CT molecular complexity index is 429. The molecule has 2 N–H and O–H groups in total. The van der Waals surface area contributed by atoms with Crippen molar-refractivity contribution in [3.05, 3.63) is 28.5 Å². The molecule has 3 nitrogen and oxygen atoms in total. The van der Waals surface area contributed by atoms with Crippen LogP contribution in [0.3, 0.4) is 0 Å². The fourth-order valence-electron chi connectivity index (χ4n) is 3.54. The number of likely N-dealkylation sites (tertiary alicyclic amines) is 1. The van der Waals surface area contributed by atoms with Gasteiger partial charge in [0.2, 0.25) is 0 Å². The van der Waals surface area contributed by atoms with Crippen LogP contribution in [0.1, 0.15) is 24.8 Å². The van der Waals surface area contributed by atoms with Crippen LogP contribution in [-0.4, -0.2) is 29.0 Å². The molecule has 1 aromatic heterocycles. The van der Waals surface area contributed by atoms with E-state index in [0.717, 1.165) is 22.9 Å². The monoisotopic (exact) mass is 345 g/mol. The van der Waals surface area contributed by atoms with Gasteiger partial charge >= 0.3 is 0 Å². The van der Waals surface area contributed by atoms with Crippen LogP contribution in [0.4, 0.5) is 0 Å². The highest BCUT2D eigenvalue weighted by Gasteiger charge is 2.38. The number of nitrogens with zero attached hydrogens (tertiary/aromatic N) is 2. The lowest BCUT2D eigenvalue weighted by atomic mass is 9.78. The average Bonchev–Trinajstić information content (AvgIpc) is 2.73. The molecular formula is C14H21BrClN3. The Morgan fingerprint density at radius 2 is 2.16 bits per heavy atom. The van der Waals surface area contributed by atoms with Crippen molar-refractivity contribution in [2.75, 3.05) is 13.1 Å². The lowest BCUT2D eigenvalue weighted by Gasteiger charge is -2.29. The van der Waals surface area contributed by atoms with Gasteiger partial charge in [0, 0.05) is 42.5 Å². The fraction of sp³-hybridized carbons (Fsp3) is 0.643. The summed E-state index contributed by atoms with van der Waals surface area (Å²) < 4.78 is 1.06. The molecule has 0 radical (unpaired) electrons. The van der Waals surface area contributed by atoms with Gasteiger partial charge in [0.1, 0.15) is 0 Å². The van der Waals surface area contributed by atoms with Crippen LogP contribution in [-0.2, 0) is 6.54 Å². The van der Waals surface area contributed by atoms with Gasteiger partial charge in [-0.3, -0.25) is 9.88 Å². The van der Waals surface area contributed by atoms with E-state index in [1.54, 1.807) is 0 Å². The molecule has 0 bridgehead atoms. The molecule has 5 heteroatoms. The topological polar surface area (TPSA) is 42.1 Å². The van der Waals surface area contributed by atoms with Gasteiger partial charge in [0.15, 0.2) is 0 Å². The quantitative estimate of drug-likeness (QED) is 0.895. The van der Waals surface area contributed by atoms with Gasteiger partial charge in [-0.25, -0.2) is 0 Å². The van der Waals surface area contributed by atoms with Crippen LogP contribution >= 0.6 is 28.3 Å². The van der Waals surface area contributed by atoms with Crippen LogP contribution in [0.25, 0.3) is 0 Å². The Balaban J connectivity index is 0.00000133. The first-order valence-electron chi connectivity index (χ1n) is 6.80. The van der Waals surface area contributed by atoms with Crippen molar-refractivity contribution in [2.24, 2.45) is 17.6 Å². The standard InChI is InChI=1S/C14H20BrN3.ClH/c15-12-4-10(5-17-6-12)7-18-8-11-2-1-3-14(16)13(11)9-18;/h4-6,11,13-14H,1-3,7-9,16H2;1H. The second kappa shape index (κ2) is 6.53. The van der Waals surface area contributed by atoms with Crippen molar-refractivity contribution < 1.29 is 0 Å². The smallest absolute Gasteiger partial charge is 0.0410 e. The summed E-state index contributed by atoms with van der Waals surface area (Å²) >= 11 is 3.48. The summed E-state index contributed by atoms with van der Waals surface area (Å²) in [5, 5.41) is 0. The number of pyridine rings is 1. The lowest BCUT2D eigenvalue weighted by molar-refractivity contribution is 0.259. The summed E-state index contributed by atoms with van der Waals surface area (Å²) in [5.74, 6) is 1.55. The van der Waals surface area contributed by atoms with E-state index in [0.29, 0.717) is 6.04 Å². The molecule has 1 aliphatic carbocycles. The van der Waals surface area contributed by atoms with E-state index in [9.17, 15) is 0 Å². The maximum absolute atomic E-state index is 6.25. The van der Waals surface area contributed by atoms with Crippen molar-refractivity contribution in [3.63, 3.8) is 0 Å². The fourth-order valence-corrected chi connectivity index (χ4v) is 3.95. The van der Waals surface area contributed by atoms with Crippen LogP contribution in [0.2, 0.25) is 0 Å². The predicted octanol–water partition coefficient (Wildman–Crippen LogP) is 2.83. The molecule has 2 fully saturated rings. The summed E-state index contributed by atoms with van der Waals surface area (Å²) in [5.41, 5.74) is 7.54. The minimum atomic E-state index is 0. The van der Waals surface area contributed by atoms with E-state index in [4.69, 9.17) is 5.73 Å². The molecule has 106 valence electrons. The third-order valence-electron chi connectivity index (χ3n) is 4.40. The largest absolute Gasteiger partial charge is 0.327 e. The third-order valence-corrected chi connectivity index (χ3v) is 4.83. The van der Waals surface area contributed by atoms with E-state index in [2.05, 4.69) is 31.9 Å². The SMILES string of the molecule is Cl.NC1CCCC2CN(Cc3cncc(Br)c3)CC12. The molecule has 1 aliphatic heterocycles. The number of rotatable bonds is 2. The zero-order valence-corrected chi connectivity index (χ0v) is 13.4. The van der Waals surface area contributed by atoms with Crippen LogP contribution in [0.15, 0.2) is 22.9 Å². The van der Waals surface area contributed by atoms with E-state index in [1.165, 1.54) is 37.9 Å². The summed E-state index contributed by atoms with van der Waals surface area (Å²) in [6.45, 7) is 3.38. The maximum Gasteiger partial charge on any atom is 0.0410 e. The highest BCUT2D eigenvalue weighted by atomic mass is 79.9. The summed E-state index contributed by atoms with van der Waals surface area (Å²) in [7, 11) is 0. The highest BCUT2D eigenvalue weighted by molar-refractivity contribution is 9.10. The first kappa shape index (κ1) is 15.2. The van der Waals surface area contributed by atoms with E-state index in [-0.39, 0.29) is 12.4 Å². The van der Waals surface area contributed by atoms with Crippen LogP contribution < -0.4 is 5.73 Å². The Labute approximate surface area is 129 Å². The van der Waals surface area contributed by atoms with Crippen LogP contribution in [0.5, 0.6) is 0 Å². The number of hydrogen-bond acceptors (Lipinski definition) is 3. The van der Waals surface area contributed by atoms with Gasteiger partial charge in [0.05, 0.1) is 0 Å². The number of hydrogen-bond donors (Lipinski definition) is 1. The molecule has 0 aromatic carbocycles. The zero-order chi connectivity index (χ0) is 12.5. The molecule has 1 saturated carbocycles. The van der Waals surface area contributed by atoms with E-state index >= 15 is 0 Å². The summed E-state index contributed by atoms with van der Waals surface area (Å²) in [6.07, 6.45) is 7.70. The highest BCUT2D eigenvalue weighted by Crippen LogP contribution is 2.36. The van der Waals surface area contributed by atoms with Gasteiger partial charge in [-0.15, -0.1) is 12.4 Å². The third kappa shape index (κ3) is 3.48. The second-order valence-corrected chi connectivity index (χ2v) is 6.64. The molecule has 19 heavy (non-hydrogen) atoms. The van der Waals surface area contributed by atoms with Crippen LogP contribution in [0, 0.1) is 11.8 Å². The Hall–Kier alpha value is -0.160. The van der Waals surface area contributed by atoms with Crippen molar-refractivity contribution in [1.82, 2.24) is 9.88 Å². The number of fused-ring (bicyclic) bond motifs is 1. The molecule has 0 spiro atoms. The molecule has 3 unspecified atom stereocenters. The summed E-state index contributed by atoms with van der Waals surface area (Å²) in [6, 6.07) is 2.59. The molecule has 2 aliphatic rings. The van der Waals surface area contributed by atoms with Crippen molar-refractivity contribution in [2.45, 2.75) is 31.8 Å². The van der Waals surface area contributed by atoms with Gasteiger partial charge in [0.25, 0.3) is 0 Å². The lowest BCUT2D eigenvalue weighted by Crippen LogP contribution is -2.38. The van der Waals surface area contributed by atoms with E-state index < -0.39 is 0 Å². The molecular weight excluding hydrogens is 326 g/mol. The minimum Gasteiger partial charge on any atom is -0.327 e. The van der Waals surface area contributed by atoms with Gasteiger partial charge < -0.3 is 5.73 Å². The first-order valence-corrected chi connectivity index (χ1v) is 7.59. The van der Waals surface area contributed by atoms with Crippen molar-refractivity contribution >= 4 is 28.3 Å². The molecule has 0 amide bonds. The Kier molecular flexibility index (Phi) is 5.23. The molecule has 1 aromatic rings. The maximum atomic E-state index is 6.25. The zero-order valence-electron chi connectivity index (χ0n) is 11.0. The van der Waals surface area contributed by atoms with Gasteiger partial charge in [-0.05, 0) is 52.2 Å². The van der Waals surface area contributed by atoms with Gasteiger partial charge in [-0.1, -0.05) is 6.42 Å². The Morgan fingerprint density at radius 3 is 2.89 bits per heavy atom. The predicted molar refractivity (Wildman–Crippen MR) is 83.3 cm³/mol. The van der Waals surface area contributed by atoms with Crippen molar-refractivity contribution in [1.29, 1.82) is 0 Å². The second-order valence-electron chi connectivity index (χ2n) is 5.72. The Morgan fingerprint density at radius 1 is 1.32 bits per heavy atom. The number of nitrogens with two attached hydrogens (primary N) is 1. The minimum absolute atomic E-state index is 0.